The predicted molar refractivity (Wildman–Crippen MR) is 133 cm³/mol. The number of nitrogens with one attached hydrogen (secondary N) is 1. The molecule has 0 aliphatic carbocycles. The quantitative estimate of drug-likeness (QED) is 0.502. The Hall–Kier alpha value is -3.30. The number of nitrogens with zero attached hydrogens (tertiary/aromatic N) is 2. The lowest BCUT2D eigenvalue weighted by Crippen LogP contribution is -2.44. The maximum Gasteiger partial charge on any atom is 0.248 e. The highest BCUT2D eigenvalue weighted by atomic mass is 32.2. The van der Waals surface area contributed by atoms with Gasteiger partial charge in [-0.1, -0.05) is 48.5 Å². The number of piperidine rings is 1. The standard InChI is InChI=1S/C26H28FN3O4S/c1-3-19-9-5-7-13-23(19)28-26(31)21-11-8-16-30(17-21)35(32,33)25-18(2)29-34-24(25)15-14-20-10-4-6-12-22(20)27/h4-7,9-10,12-15,21H,3,8,11,16-17H2,1-2H3,(H,28,31)/b15-14+. The summed E-state index contributed by atoms with van der Waals surface area (Å²) in [6.07, 6.45) is 4.77. The Morgan fingerprint density at radius 1 is 1.20 bits per heavy atom. The van der Waals surface area contributed by atoms with Crippen LogP contribution in [0.2, 0.25) is 0 Å². The maximum absolute atomic E-state index is 14.0. The molecule has 3 aromatic rings. The zero-order valence-electron chi connectivity index (χ0n) is 19.7. The minimum atomic E-state index is -3.99. The molecular formula is C26H28FN3O4S. The Balaban J connectivity index is 1.55. The summed E-state index contributed by atoms with van der Waals surface area (Å²) in [4.78, 5) is 12.9. The minimum Gasteiger partial charge on any atom is -0.355 e. The lowest BCUT2D eigenvalue weighted by molar-refractivity contribution is -0.120. The summed E-state index contributed by atoms with van der Waals surface area (Å²) in [5, 5.41) is 6.80. The van der Waals surface area contributed by atoms with Crippen molar-refractivity contribution in [1.82, 2.24) is 9.46 Å². The zero-order valence-corrected chi connectivity index (χ0v) is 20.5. The molecule has 35 heavy (non-hydrogen) atoms. The van der Waals surface area contributed by atoms with Gasteiger partial charge in [-0.25, -0.2) is 12.8 Å². The highest BCUT2D eigenvalue weighted by molar-refractivity contribution is 7.89. The zero-order chi connectivity index (χ0) is 25.0. The van der Waals surface area contributed by atoms with E-state index in [0.717, 1.165) is 17.7 Å². The largest absolute Gasteiger partial charge is 0.355 e. The van der Waals surface area contributed by atoms with E-state index in [1.807, 2.05) is 31.2 Å². The average molecular weight is 498 g/mol. The topological polar surface area (TPSA) is 92.5 Å². The molecule has 1 aliphatic rings. The van der Waals surface area contributed by atoms with Crippen molar-refractivity contribution in [3.05, 3.63) is 76.9 Å². The van der Waals surface area contributed by atoms with Gasteiger partial charge in [0.15, 0.2) is 10.7 Å². The molecule has 1 aliphatic heterocycles. The fourth-order valence-corrected chi connectivity index (χ4v) is 6.04. The van der Waals surface area contributed by atoms with E-state index in [9.17, 15) is 17.6 Å². The number of benzene rings is 2. The number of rotatable bonds is 7. The summed E-state index contributed by atoms with van der Waals surface area (Å²) in [6, 6.07) is 13.7. The van der Waals surface area contributed by atoms with Crippen LogP contribution in [0.15, 0.2) is 57.9 Å². The van der Waals surface area contributed by atoms with Crippen LogP contribution in [-0.4, -0.2) is 36.9 Å². The first-order valence-corrected chi connectivity index (χ1v) is 13.0. The number of aromatic nitrogens is 1. The van der Waals surface area contributed by atoms with Crippen LogP contribution in [0.5, 0.6) is 0 Å². The van der Waals surface area contributed by atoms with Crippen molar-refractivity contribution in [2.24, 2.45) is 5.92 Å². The van der Waals surface area contributed by atoms with Gasteiger partial charge in [0.2, 0.25) is 15.9 Å². The van der Waals surface area contributed by atoms with E-state index in [4.69, 9.17) is 4.52 Å². The van der Waals surface area contributed by atoms with Gasteiger partial charge in [-0.15, -0.1) is 0 Å². The Bertz CT molecular complexity index is 1350. The lowest BCUT2D eigenvalue weighted by atomic mass is 9.98. The van der Waals surface area contributed by atoms with Crippen molar-refractivity contribution in [2.45, 2.75) is 38.0 Å². The number of hydrogen-bond acceptors (Lipinski definition) is 5. The van der Waals surface area contributed by atoms with E-state index in [1.54, 1.807) is 25.1 Å². The van der Waals surface area contributed by atoms with Crippen LogP contribution in [0.4, 0.5) is 10.1 Å². The van der Waals surface area contributed by atoms with Gasteiger partial charge in [-0.2, -0.15) is 4.31 Å². The molecular weight excluding hydrogens is 469 g/mol. The molecule has 1 N–H and O–H groups in total. The molecule has 1 atom stereocenters. The fraction of sp³-hybridized carbons (Fsp3) is 0.308. The molecule has 2 heterocycles. The van der Waals surface area contributed by atoms with Crippen molar-refractivity contribution in [3.8, 4) is 0 Å². The second kappa shape index (κ2) is 10.5. The van der Waals surface area contributed by atoms with E-state index in [2.05, 4.69) is 10.5 Å². The second-order valence-electron chi connectivity index (χ2n) is 8.52. The molecule has 7 nitrogen and oxygen atoms in total. The predicted octanol–water partition coefficient (Wildman–Crippen LogP) is 4.89. The molecule has 9 heteroatoms. The van der Waals surface area contributed by atoms with Gasteiger partial charge in [0, 0.05) is 24.3 Å². The van der Waals surface area contributed by atoms with Crippen molar-refractivity contribution < 1.29 is 22.1 Å². The molecule has 0 radical (unpaired) electrons. The molecule has 1 fully saturated rings. The highest BCUT2D eigenvalue weighted by Gasteiger charge is 2.37. The third-order valence-electron chi connectivity index (χ3n) is 6.16. The summed E-state index contributed by atoms with van der Waals surface area (Å²) in [5.41, 5.74) is 2.27. The molecule has 0 bridgehead atoms. The number of sulfonamides is 1. The van der Waals surface area contributed by atoms with Gasteiger partial charge < -0.3 is 9.84 Å². The Labute approximate surface area is 204 Å². The number of anilines is 1. The molecule has 1 amide bonds. The van der Waals surface area contributed by atoms with Gasteiger partial charge in [0.05, 0.1) is 5.92 Å². The van der Waals surface area contributed by atoms with Crippen LogP contribution in [-0.2, 0) is 21.2 Å². The summed E-state index contributed by atoms with van der Waals surface area (Å²) in [7, 11) is -3.99. The Morgan fingerprint density at radius 2 is 1.94 bits per heavy atom. The molecule has 1 unspecified atom stereocenters. The van der Waals surface area contributed by atoms with Crippen LogP contribution in [0, 0.1) is 18.7 Å². The molecule has 184 valence electrons. The van der Waals surface area contributed by atoms with Gasteiger partial charge in [0.25, 0.3) is 0 Å². The highest BCUT2D eigenvalue weighted by Crippen LogP contribution is 2.30. The number of hydrogen-bond donors (Lipinski definition) is 1. The molecule has 1 saturated heterocycles. The third-order valence-corrected chi connectivity index (χ3v) is 8.19. The minimum absolute atomic E-state index is 0.0224. The van der Waals surface area contributed by atoms with Crippen LogP contribution >= 0.6 is 0 Å². The van der Waals surface area contributed by atoms with E-state index < -0.39 is 21.8 Å². The van der Waals surface area contributed by atoms with Gasteiger partial charge in [-0.3, -0.25) is 4.79 Å². The summed E-state index contributed by atoms with van der Waals surface area (Å²) in [6.45, 7) is 3.91. The van der Waals surface area contributed by atoms with Crippen molar-refractivity contribution in [1.29, 1.82) is 0 Å². The SMILES string of the molecule is CCc1ccccc1NC(=O)C1CCCN(S(=O)(=O)c2c(C)noc2/C=C/c2ccccc2F)C1. The average Bonchev–Trinajstić information content (AvgIpc) is 3.25. The Morgan fingerprint density at radius 3 is 2.71 bits per heavy atom. The number of amides is 1. The van der Waals surface area contributed by atoms with Gasteiger partial charge in [-0.05, 0) is 56.0 Å². The molecule has 2 aromatic carbocycles. The number of halogens is 1. The number of para-hydroxylation sites is 1. The molecule has 4 rings (SSSR count). The molecule has 0 spiro atoms. The van der Waals surface area contributed by atoms with Crippen molar-refractivity contribution in [2.75, 3.05) is 18.4 Å². The number of carbonyl (C=O) groups excluding carboxylic acids is 1. The van der Waals surface area contributed by atoms with Crippen LogP contribution in [0.1, 0.15) is 42.3 Å². The lowest BCUT2D eigenvalue weighted by Gasteiger charge is -2.31. The molecule has 0 saturated carbocycles. The van der Waals surface area contributed by atoms with Crippen molar-refractivity contribution >= 4 is 33.8 Å². The summed E-state index contributed by atoms with van der Waals surface area (Å²) in [5.74, 6) is -1.10. The fourth-order valence-electron chi connectivity index (χ4n) is 4.26. The first-order valence-electron chi connectivity index (χ1n) is 11.6. The Kier molecular flexibility index (Phi) is 7.47. The van der Waals surface area contributed by atoms with E-state index in [1.165, 1.54) is 22.5 Å². The van der Waals surface area contributed by atoms with E-state index in [-0.39, 0.29) is 28.8 Å². The maximum atomic E-state index is 14.0. The van der Waals surface area contributed by atoms with Crippen molar-refractivity contribution in [3.63, 3.8) is 0 Å². The van der Waals surface area contributed by atoms with Crippen LogP contribution < -0.4 is 5.32 Å². The number of carbonyl (C=O) groups is 1. The first kappa shape index (κ1) is 24.8. The summed E-state index contributed by atoms with van der Waals surface area (Å²) < 4.78 is 47.7. The summed E-state index contributed by atoms with van der Waals surface area (Å²) >= 11 is 0. The smallest absolute Gasteiger partial charge is 0.248 e. The number of aryl methyl sites for hydroxylation is 2. The monoisotopic (exact) mass is 497 g/mol. The first-order chi connectivity index (χ1) is 16.8. The van der Waals surface area contributed by atoms with Gasteiger partial charge >= 0.3 is 0 Å². The van der Waals surface area contributed by atoms with Crippen LogP contribution in [0.25, 0.3) is 12.2 Å². The van der Waals surface area contributed by atoms with E-state index in [0.29, 0.717) is 24.9 Å². The van der Waals surface area contributed by atoms with E-state index >= 15 is 0 Å². The van der Waals surface area contributed by atoms with Crippen LogP contribution in [0.3, 0.4) is 0 Å². The molecule has 1 aromatic heterocycles. The normalized spacial score (nSPS) is 17.1. The second-order valence-corrected chi connectivity index (χ2v) is 10.4. The van der Waals surface area contributed by atoms with Gasteiger partial charge in [0.1, 0.15) is 11.5 Å². The third kappa shape index (κ3) is 5.36.